The van der Waals surface area contributed by atoms with Crippen LogP contribution in [0.25, 0.3) is 10.1 Å². The van der Waals surface area contributed by atoms with E-state index in [4.69, 9.17) is 11.6 Å². The number of nitrogens with one attached hydrogen (secondary N) is 1. The SMILES string of the molecule is O=C(CSCc1csc2ccccc12)Nc1ccc(F)c(Cl)c1. The van der Waals surface area contributed by atoms with E-state index in [-0.39, 0.29) is 10.9 Å². The highest BCUT2D eigenvalue weighted by molar-refractivity contribution is 7.99. The second-order valence-corrected chi connectivity index (χ2v) is 7.23. The molecule has 0 unspecified atom stereocenters. The molecule has 118 valence electrons. The zero-order chi connectivity index (χ0) is 16.2. The fourth-order valence-electron chi connectivity index (χ4n) is 2.17. The van der Waals surface area contributed by atoms with Crippen molar-refractivity contribution in [2.24, 2.45) is 0 Å². The Bertz CT molecular complexity index is 849. The van der Waals surface area contributed by atoms with Gasteiger partial charge in [-0.1, -0.05) is 29.8 Å². The van der Waals surface area contributed by atoms with Crippen molar-refractivity contribution in [3.05, 3.63) is 64.2 Å². The van der Waals surface area contributed by atoms with Gasteiger partial charge in [0.1, 0.15) is 5.82 Å². The quantitative estimate of drug-likeness (QED) is 0.640. The summed E-state index contributed by atoms with van der Waals surface area (Å²) >= 11 is 8.96. The number of rotatable bonds is 5. The lowest BCUT2D eigenvalue weighted by Gasteiger charge is -2.06. The largest absolute Gasteiger partial charge is 0.325 e. The maximum atomic E-state index is 13.1. The summed E-state index contributed by atoms with van der Waals surface area (Å²) in [5.41, 5.74) is 1.75. The number of thiophene rings is 1. The number of hydrogen-bond donors (Lipinski definition) is 1. The first-order valence-electron chi connectivity index (χ1n) is 6.91. The predicted molar refractivity (Wildman–Crippen MR) is 98.0 cm³/mol. The smallest absolute Gasteiger partial charge is 0.234 e. The number of anilines is 1. The van der Waals surface area contributed by atoms with Gasteiger partial charge in [-0.05, 0) is 40.6 Å². The molecule has 0 aliphatic carbocycles. The molecule has 0 fully saturated rings. The first-order chi connectivity index (χ1) is 11.1. The predicted octanol–water partition coefficient (Wildman–Crippen LogP) is 5.57. The molecule has 0 spiro atoms. The number of carbonyl (C=O) groups is 1. The highest BCUT2D eigenvalue weighted by Gasteiger charge is 2.07. The number of amides is 1. The molecule has 0 saturated carbocycles. The van der Waals surface area contributed by atoms with Gasteiger partial charge in [-0.3, -0.25) is 4.79 Å². The van der Waals surface area contributed by atoms with E-state index in [1.807, 2.05) is 12.1 Å². The lowest BCUT2D eigenvalue weighted by atomic mass is 10.2. The van der Waals surface area contributed by atoms with Crippen molar-refractivity contribution < 1.29 is 9.18 Å². The number of hydrogen-bond acceptors (Lipinski definition) is 3. The minimum atomic E-state index is -0.497. The van der Waals surface area contributed by atoms with Crippen molar-refractivity contribution >= 4 is 56.4 Å². The summed E-state index contributed by atoms with van der Waals surface area (Å²) in [6.07, 6.45) is 0. The summed E-state index contributed by atoms with van der Waals surface area (Å²) in [7, 11) is 0. The Morgan fingerprint density at radius 1 is 1.26 bits per heavy atom. The molecule has 0 radical (unpaired) electrons. The summed E-state index contributed by atoms with van der Waals surface area (Å²) in [6.45, 7) is 0. The number of halogens is 2. The zero-order valence-corrected chi connectivity index (χ0v) is 14.4. The lowest BCUT2D eigenvalue weighted by Crippen LogP contribution is -2.14. The summed E-state index contributed by atoms with van der Waals surface area (Å²) < 4.78 is 14.3. The maximum Gasteiger partial charge on any atom is 0.234 e. The first-order valence-corrected chi connectivity index (χ1v) is 9.32. The number of thioether (sulfide) groups is 1. The summed E-state index contributed by atoms with van der Waals surface area (Å²) in [4.78, 5) is 11.9. The van der Waals surface area contributed by atoms with E-state index in [2.05, 4.69) is 22.8 Å². The second-order valence-electron chi connectivity index (χ2n) is 4.93. The topological polar surface area (TPSA) is 29.1 Å². The molecule has 0 bridgehead atoms. The molecule has 1 heterocycles. The fraction of sp³-hybridized carbons (Fsp3) is 0.118. The first kappa shape index (κ1) is 16.3. The minimum absolute atomic E-state index is 0.000182. The molecule has 1 N–H and O–H groups in total. The van der Waals surface area contributed by atoms with Gasteiger partial charge < -0.3 is 5.32 Å². The molecule has 3 rings (SSSR count). The second kappa shape index (κ2) is 7.34. The summed E-state index contributed by atoms with van der Waals surface area (Å²) in [6, 6.07) is 12.4. The molecule has 2 nitrogen and oxygen atoms in total. The third-order valence-corrected chi connectivity index (χ3v) is 5.54. The van der Waals surface area contributed by atoms with Crippen LogP contribution in [0.15, 0.2) is 47.8 Å². The lowest BCUT2D eigenvalue weighted by molar-refractivity contribution is -0.113. The van der Waals surface area contributed by atoms with Gasteiger partial charge in [0.15, 0.2) is 0 Å². The van der Waals surface area contributed by atoms with Crippen LogP contribution in [0.3, 0.4) is 0 Å². The van der Waals surface area contributed by atoms with Crippen LogP contribution < -0.4 is 5.32 Å². The molecule has 2 aromatic carbocycles. The molecule has 0 aliphatic rings. The van der Waals surface area contributed by atoms with Crippen LogP contribution >= 0.6 is 34.7 Å². The van der Waals surface area contributed by atoms with Crippen LogP contribution in [0, 0.1) is 5.82 Å². The van der Waals surface area contributed by atoms with Crippen molar-refractivity contribution in [3.63, 3.8) is 0 Å². The van der Waals surface area contributed by atoms with E-state index in [0.29, 0.717) is 11.4 Å². The Labute approximate surface area is 146 Å². The monoisotopic (exact) mass is 365 g/mol. The molecule has 0 saturated heterocycles. The molecule has 1 amide bonds. The van der Waals surface area contributed by atoms with Gasteiger partial charge in [-0.25, -0.2) is 4.39 Å². The number of benzene rings is 2. The normalized spacial score (nSPS) is 10.9. The van der Waals surface area contributed by atoms with Crippen LogP contribution in [0.5, 0.6) is 0 Å². The van der Waals surface area contributed by atoms with E-state index >= 15 is 0 Å². The number of fused-ring (bicyclic) bond motifs is 1. The van der Waals surface area contributed by atoms with Crippen LogP contribution in [0.4, 0.5) is 10.1 Å². The molecule has 23 heavy (non-hydrogen) atoms. The van der Waals surface area contributed by atoms with Crippen LogP contribution in [0.2, 0.25) is 5.02 Å². The summed E-state index contributed by atoms with van der Waals surface area (Å²) in [5, 5.41) is 6.10. The van der Waals surface area contributed by atoms with Gasteiger partial charge in [-0.15, -0.1) is 23.1 Å². The van der Waals surface area contributed by atoms with Crippen molar-refractivity contribution in [2.45, 2.75) is 5.75 Å². The molecule has 3 aromatic rings. The van der Waals surface area contributed by atoms with Crippen molar-refractivity contribution in [2.75, 3.05) is 11.1 Å². The third kappa shape index (κ3) is 4.05. The van der Waals surface area contributed by atoms with Crippen LogP contribution in [-0.2, 0) is 10.5 Å². The molecule has 0 aliphatic heterocycles. The van der Waals surface area contributed by atoms with E-state index in [9.17, 15) is 9.18 Å². The molecular formula is C17H13ClFNOS2. The van der Waals surface area contributed by atoms with Crippen molar-refractivity contribution in [1.29, 1.82) is 0 Å². The Kier molecular flexibility index (Phi) is 5.20. The van der Waals surface area contributed by atoms with Gasteiger partial charge in [-0.2, -0.15) is 0 Å². The zero-order valence-electron chi connectivity index (χ0n) is 12.0. The Morgan fingerprint density at radius 2 is 2.09 bits per heavy atom. The average molecular weight is 366 g/mol. The van der Waals surface area contributed by atoms with Crippen molar-refractivity contribution in [3.8, 4) is 0 Å². The molecule has 0 atom stereocenters. The van der Waals surface area contributed by atoms with Crippen molar-refractivity contribution in [1.82, 2.24) is 0 Å². The summed E-state index contributed by atoms with van der Waals surface area (Å²) in [5.74, 6) is 0.487. The van der Waals surface area contributed by atoms with Crippen LogP contribution in [-0.4, -0.2) is 11.7 Å². The Morgan fingerprint density at radius 3 is 2.91 bits per heavy atom. The molecular weight excluding hydrogens is 353 g/mol. The van der Waals surface area contributed by atoms with E-state index < -0.39 is 5.82 Å². The maximum absolute atomic E-state index is 13.1. The fourth-order valence-corrected chi connectivity index (χ4v) is 4.24. The highest BCUT2D eigenvalue weighted by Crippen LogP contribution is 2.28. The Hall–Kier alpha value is -1.56. The Balaban J connectivity index is 1.54. The standard InChI is InChI=1S/C17H13ClFNOS2/c18-14-7-12(5-6-15(14)19)20-17(21)10-22-8-11-9-23-16-4-2-1-3-13(11)16/h1-7,9H,8,10H2,(H,20,21). The minimum Gasteiger partial charge on any atom is -0.325 e. The van der Waals surface area contributed by atoms with E-state index in [0.717, 1.165) is 5.75 Å². The molecule has 6 heteroatoms. The third-order valence-electron chi connectivity index (χ3n) is 3.26. The van der Waals surface area contributed by atoms with Gasteiger partial charge in [0.2, 0.25) is 5.91 Å². The van der Waals surface area contributed by atoms with E-state index in [1.54, 1.807) is 23.1 Å². The average Bonchev–Trinajstić information content (AvgIpc) is 2.94. The van der Waals surface area contributed by atoms with Gasteiger partial charge in [0.05, 0.1) is 10.8 Å². The highest BCUT2D eigenvalue weighted by atomic mass is 35.5. The van der Waals surface area contributed by atoms with E-state index in [1.165, 1.54) is 33.8 Å². The van der Waals surface area contributed by atoms with Gasteiger partial charge >= 0.3 is 0 Å². The molecule has 1 aromatic heterocycles. The van der Waals surface area contributed by atoms with Gasteiger partial charge in [0, 0.05) is 16.1 Å². The van der Waals surface area contributed by atoms with Gasteiger partial charge in [0.25, 0.3) is 0 Å². The van der Waals surface area contributed by atoms with Crippen LogP contribution in [0.1, 0.15) is 5.56 Å². The number of carbonyl (C=O) groups excluding carboxylic acids is 1.